The summed E-state index contributed by atoms with van der Waals surface area (Å²) in [6.45, 7) is 11.6. The van der Waals surface area contributed by atoms with Crippen LogP contribution in [0.3, 0.4) is 0 Å². The van der Waals surface area contributed by atoms with Crippen LogP contribution in [-0.2, 0) is 6.54 Å². The molecule has 1 aromatic rings. The molecule has 0 aromatic heterocycles. The lowest BCUT2D eigenvalue weighted by molar-refractivity contribution is 0.0538. The minimum absolute atomic E-state index is 0.0136. The average molecular weight is 547 g/mol. The van der Waals surface area contributed by atoms with Crippen LogP contribution in [-0.4, -0.2) is 64.3 Å². The molecule has 0 saturated carbocycles. The van der Waals surface area contributed by atoms with Gasteiger partial charge in [-0.3, -0.25) is 14.8 Å². The third kappa shape index (κ3) is 7.73. The molecule has 4 atom stereocenters. The quantitative estimate of drug-likeness (QED) is 0.338. The molecular weight excluding hydrogens is 499 g/mol. The number of nitrogens with zero attached hydrogens (tertiary/aromatic N) is 3. The largest absolute Gasteiger partial charge is 0.508 e. The number of allylic oxidation sites excluding steroid dienone is 1. The molecule has 0 aliphatic carbocycles. The molecule has 0 amide bonds. The number of nitrogens with one attached hydrogen (secondary N) is 1. The predicted molar refractivity (Wildman–Crippen MR) is 156 cm³/mol. The summed E-state index contributed by atoms with van der Waals surface area (Å²) in [5, 5.41) is 13.1. The normalized spacial score (nSPS) is 27.2. The third-order valence-corrected chi connectivity index (χ3v) is 9.43. The van der Waals surface area contributed by atoms with Crippen molar-refractivity contribution >= 4 is 17.3 Å². The van der Waals surface area contributed by atoms with E-state index < -0.39 is 0 Å². The first kappa shape index (κ1) is 29.4. The van der Waals surface area contributed by atoms with E-state index in [2.05, 4.69) is 35.9 Å². The van der Waals surface area contributed by atoms with E-state index >= 15 is 0 Å². The van der Waals surface area contributed by atoms with Crippen molar-refractivity contribution in [3.05, 3.63) is 41.5 Å². The standard InChI is InChI=1S/C31H48ClFN4O/c1-4-22(3)19-34-25-17-29(32)31(35-20-25)23-8-6-7-13-37(26(5-2)16-23)27-11-14-36(15-12-27)21-24-9-10-28(38)18-30(24)33/h9-10,18,20,22-23,26-27,29,34,38H,4-8,11-17,19,21H2,1-3H3/t22-,23?,26+,29?/m1/s1. The highest BCUT2D eigenvalue weighted by Crippen LogP contribution is 2.33. The zero-order valence-corrected chi connectivity index (χ0v) is 24.4. The zero-order valence-electron chi connectivity index (χ0n) is 23.6. The van der Waals surface area contributed by atoms with Crippen LogP contribution in [0.4, 0.5) is 4.39 Å². The van der Waals surface area contributed by atoms with Gasteiger partial charge in [-0.2, -0.15) is 0 Å². The fourth-order valence-electron chi connectivity index (χ4n) is 6.43. The summed E-state index contributed by atoms with van der Waals surface area (Å²) in [4.78, 5) is 10.1. The average Bonchev–Trinajstić information content (AvgIpc) is 2.90. The second kappa shape index (κ2) is 14.1. The molecule has 7 heteroatoms. The Labute approximate surface area is 234 Å². The van der Waals surface area contributed by atoms with E-state index in [-0.39, 0.29) is 16.9 Å². The second-order valence-corrected chi connectivity index (χ2v) is 12.3. The van der Waals surface area contributed by atoms with Gasteiger partial charge >= 0.3 is 0 Å². The number of piperidine rings is 1. The van der Waals surface area contributed by atoms with Crippen LogP contribution in [0.25, 0.3) is 0 Å². The van der Waals surface area contributed by atoms with Crippen molar-refractivity contribution < 1.29 is 9.50 Å². The first-order chi connectivity index (χ1) is 18.4. The van der Waals surface area contributed by atoms with Crippen LogP contribution in [0.1, 0.15) is 84.1 Å². The number of benzene rings is 1. The van der Waals surface area contributed by atoms with Crippen LogP contribution in [0.15, 0.2) is 35.1 Å². The Balaban J connectivity index is 1.35. The lowest BCUT2D eigenvalue weighted by atomic mass is 9.83. The van der Waals surface area contributed by atoms with Gasteiger partial charge in [0.15, 0.2) is 0 Å². The summed E-state index contributed by atoms with van der Waals surface area (Å²) in [7, 11) is 0. The van der Waals surface area contributed by atoms with E-state index in [1.165, 1.54) is 49.7 Å². The second-order valence-electron chi connectivity index (χ2n) is 11.8. The van der Waals surface area contributed by atoms with Gasteiger partial charge in [-0.05, 0) is 70.1 Å². The summed E-state index contributed by atoms with van der Waals surface area (Å²) >= 11 is 6.96. The summed E-state index contributed by atoms with van der Waals surface area (Å²) in [6, 6.07) is 5.63. The Bertz CT molecular complexity index is 961. The predicted octanol–water partition coefficient (Wildman–Crippen LogP) is 6.70. The summed E-state index contributed by atoms with van der Waals surface area (Å²) in [6.07, 6.45) is 12.2. The topological polar surface area (TPSA) is 51.1 Å². The molecule has 0 radical (unpaired) electrons. The van der Waals surface area contributed by atoms with Gasteiger partial charge in [-0.15, -0.1) is 11.6 Å². The van der Waals surface area contributed by atoms with Crippen molar-refractivity contribution in [2.45, 2.75) is 103 Å². The smallest absolute Gasteiger partial charge is 0.131 e. The minimum atomic E-state index is -0.315. The lowest BCUT2D eigenvalue weighted by Gasteiger charge is -2.44. The van der Waals surface area contributed by atoms with Gasteiger partial charge in [0, 0.05) is 66.8 Å². The molecule has 2 N–H and O–H groups in total. The SMILES string of the molecule is CC[C@@H](C)CNC1=CN=C(C2CCCCN(C3CCN(Cc4ccc(O)cc4F)CC3)[C@@H](CC)C2)C(Cl)C1. The Morgan fingerprint density at radius 2 is 1.95 bits per heavy atom. The maximum atomic E-state index is 14.3. The molecule has 5 nitrogen and oxygen atoms in total. The lowest BCUT2D eigenvalue weighted by Crippen LogP contribution is -2.50. The molecule has 2 unspecified atom stereocenters. The number of hydrogen-bond acceptors (Lipinski definition) is 5. The Morgan fingerprint density at radius 3 is 2.63 bits per heavy atom. The van der Waals surface area contributed by atoms with Gasteiger partial charge in [-0.1, -0.05) is 39.7 Å². The fourth-order valence-corrected chi connectivity index (χ4v) is 6.83. The van der Waals surface area contributed by atoms with Gasteiger partial charge in [0.2, 0.25) is 0 Å². The minimum Gasteiger partial charge on any atom is -0.508 e. The van der Waals surface area contributed by atoms with E-state index in [0.717, 1.165) is 51.7 Å². The zero-order chi connectivity index (χ0) is 27.1. The van der Waals surface area contributed by atoms with Crippen molar-refractivity contribution in [3.8, 4) is 5.75 Å². The molecule has 2 fully saturated rings. The highest BCUT2D eigenvalue weighted by molar-refractivity contribution is 6.32. The highest BCUT2D eigenvalue weighted by atomic mass is 35.5. The van der Waals surface area contributed by atoms with Crippen molar-refractivity contribution in [2.75, 3.05) is 26.2 Å². The van der Waals surface area contributed by atoms with Gasteiger partial charge in [0.1, 0.15) is 11.6 Å². The maximum absolute atomic E-state index is 14.3. The van der Waals surface area contributed by atoms with E-state index in [0.29, 0.717) is 36.0 Å². The number of aromatic hydroxyl groups is 1. The number of rotatable bonds is 9. The van der Waals surface area contributed by atoms with Gasteiger partial charge in [0.05, 0.1) is 5.38 Å². The molecular formula is C31H48ClFN4O. The molecule has 38 heavy (non-hydrogen) atoms. The Hall–Kier alpha value is -1.63. The Kier molecular flexibility index (Phi) is 10.9. The van der Waals surface area contributed by atoms with E-state index in [1.54, 1.807) is 12.1 Å². The van der Waals surface area contributed by atoms with Crippen molar-refractivity contribution in [2.24, 2.45) is 16.8 Å². The number of phenolic OH excluding ortho intramolecular Hbond substituents is 1. The summed E-state index contributed by atoms with van der Waals surface area (Å²) in [5.41, 5.74) is 3.04. The van der Waals surface area contributed by atoms with E-state index in [1.807, 2.05) is 6.20 Å². The number of halogens is 2. The number of phenols is 1. The van der Waals surface area contributed by atoms with Crippen molar-refractivity contribution in [3.63, 3.8) is 0 Å². The van der Waals surface area contributed by atoms with E-state index in [4.69, 9.17) is 16.6 Å². The van der Waals surface area contributed by atoms with Gasteiger partial charge in [0.25, 0.3) is 0 Å². The summed E-state index contributed by atoms with van der Waals surface area (Å²) in [5.74, 6) is 0.776. The molecule has 2 saturated heterocycles. The van der Waals surface area contributed by atoms with Crippen molar-refractivity contribution in [1.29, 1.82) is 0 Å². The molecule has 1 aromatic carbocycles. The van der Waals surface area contributed by atoms with Crippen LogP contribution in [0.2, 0.25) is 0 Å². The number of alkyl halides is 1. The first-order valence-corrected chi connectivity index (χ1v) is 15.4. The fraction of sp³-hybridized carbons (Fsp3) is 0.710. The Morgan fingerprint density at radius 1 is 1.16 bits per heavy atom. The maximum Gasteiger partial charge on any atom is 0.131 e. The van der Waals surface area contributed by atoms with Gasteiger partial charge in [-0.25, -0.2) is 4.39 Å². The first-order valence-electron chi connectivity index (χ1n) is 15.0. The van der Waals surface area contributed by atoms with E-state index in [9.17, 15) is 9.50 Å². The van der Waals surface area contributed by atoms with Crippen LogP contribution in [0, 0.1) is 17.7 Å². The molecule has 3 aliphatic heterocycles. The number of aliphatic imine (C=N–C) groups is 1. The van der Waals surface area contributed by atoms with Gasteiger partial charge < -0.3 is 10.4 Å². The third-order valence-electron chi connectivity index (χ3n) is 9.05. The molecule has 212 valence electrons. The molecule has 0 bridgehead atoms. The number of hydrogen-bond donors (Lipinski definition) is 2. The van der Waals surface area contributed by atoms with Crippen LogP contribution >= 0.6 is 11.6 Å². The summed E-state index contributed by atoms with van der Waals surface area (Å²) < 4.78 is 14.3. The van der Waals surface area contributed by atoms with Crippen molar-refractivity contribution in [1.82, 2.24) is 15.1 Å². The molecule has 3 aliphatic rings. The molecule has 4 rings (SSSR count). The highest BCUT2D eigenvalue weighted by Gasteiger charge is 2.34. The molecule has 3 heterocycles. The number of likely N-dealkylation sites (tertiary alicyclic amines) is 2. The van der Waals surface area contributed by atoms with Crippen LogP contribution in [0.5, 0.6) is 5.75 Å². The van der Waals surface area contributed by atoms with Crippen LogP contribution < -0.4 is 5.32 Å². The molecule has 0 spiro atoms. The monoisotopic (exact) mass is 546 g/mol.